The maximum absolute atomic E-state index is 6.45. The Kier molecular flexibility index (Phi) is 6.14. The number of hydrogen-bond donors (Lipinski definition) is 0. The quantitative estimate of drug-likeness (QED) is 0.424. The molecule has 1 unspecified atom stereocenters. The third-order valence-electron chi connectivity index (χ3n) is 3.65. The highest BCUT2D eigenvalue weighted by Gasteiger charge is 2.07. The van der Waals surface area contributed by atoms with Gasteiger partial charge in [0, 0.05) is 0 Å². The summed E-state index contributed by atoms with van der Waals surface area (Å²) in [5.74, 6) is 0. The Morgan fingerprint density at radius 2 is 1.50 bits per heavy atom. The van der Waals surface area contributed by atoms with Crippen LogP contribution in [0.5, 0.6) is 0 Å². The number of halogens is 1. The van der Waals surface area contributed by atoms with E-state index in [2.05, 4.69) is 61.5 Å². The summed E-state index contributed by atoms with van der Waals surface area (Å²) in [6.07, 6.45) is 5.81. The molecule has 0 nitrogen and oxygen atoms in total. The second kappa shape index (κ2) is 8.11. The van der Waals surface area contributed by atoms with E-state index < -0.39 is 0 Å². The zero-order chi connectivity index (χ0) is 14.2. The van der Waals surface area contributed by atoms with Gasteiger partial charge in [0.1, 0.15) is 0 Å². The minimum Gasteiger partial charge on any atom is -0.118 e. The molecule has 0 saturated carbocycles. The monoisotopic (exact) mass is 286 g/mol. The SMILES string of the molecule is CCCCCC(Cl)c1ccc(Cc2ccccc2)cc1. The van der Waals surface area contributed by atoms with Crippen molar-refractivity contribution >= 4 is 11.6 Å². The van der Waals surface area contributed by atoms with Crippen LogP contribution in [0.4, 0.5) is 0 Å². The van der Waals surface area contributed by atoms with Gasteiger partial charge in [-0.05, 0) is 29.5 Å². The van der Waals surface area contributed by atoms with Crippen molar-refractivity contribution in [2.45, 2.75) is 44.4 Å². The summed E-state index contributed by atoms with van der Waals surface area (Å²) in [5.41, 5.74) is 3.95. The molecule has 0 spiro atoms. The first-order chi connectivity index (χ1) is 9.79. The van der Waals surface area contributed by atoms with Crippen molar-refractivity contribution in [2.75, 3.05) is 0 Å². The molecule has 0 aliphatic carbocycles. The highest BCUT2D eigenvalue weighted by molar-refractivity contribution is 6.20. The van der Waals surface area contributed by atoms with Gasteiger partial charge in [0.15, 0.2) is 0 Å². The predicted molar refractivity (Wildman–Crippen MR) is 88.4 cm³/mol. The van der Waals surface area contributed by atoms with Gasteiger partial charge in [-0.2, -0.15) is 0 Å². The average molecular weight is 287 g/mol. The Labute approximate surface area is 127 Å². The summed E-state index contributed by atoms with van der Waals surface area (Å²) in [6, 6.07) is 19.4. The van der Waals surface area contributed by atoms with Crippen molar-refractivity contribution in [3.63, 3.8) is 0 Å². The largest absolute Gasteiger partial charge is 0.118 e. The third-order valence-corrected chi connectivity index (χ3v) is 4.12. The third kappa shape index (κ3) is 4.68. The standard InChI is InChI=1S/C19H23Cl/c1-2-3-5-10-19(20)18-13-11-17(12-14-18)15-16-8-6-4-7-9-16/h4,6-9,11-14,19H,2-3,5,10,15H2,1H3. The highest BCUT2D eigenvalue weighted by Crippen LogP contribution is 2.27. The van der Waals surface area contributed by atoms with Gasteiger partial charge in [-0.25, -0.2) is 0 Å². The molecule has 0 N–H and O–H groups in total. The molecule has 0 saturated heterocycles. The second-order valence-corrected chi connectivity index (χ2v) is 5.89. The molecule has 0 radical (unpaired) electrons. The van der Waals surface area contributed by atoms with Crippen molar-refractivity contribution in [3.8, 4) is 0 Å². The van der Waals surface area contributed by atoms with Crippen LogP contribution >= 0.6 is 11.6 Å². The topological polar surface area (TPSA) is 0 Å². The molecule has 106 valence electrons. The lowest BCUT2D eigenvalue weighted by atomic mass is 10.0. The first kappa shape index (κ1) is 15.1. The van der Waals surface area contributed by atoms with E-state index in [0.717, 1.165) is 12.8 Å². The molecular formula is C19H23Cl. The maximum Gasteiger partial charge on any atom is 0.0585 e. The van der Waals surface area contributed by atoms with E-state index in [1.54, 1.807) is 0 Å². The number of benzene rings is 2. The molecular weight excluding hydrogens is 264 g/mol. The predicted octanol–water partition coefficient (Wildman–Crippen LogP) is 6.14. The van der Waals surface area contributed by atoms with Crippen LogP contribution in [0.25, 0.3) is 0 Å². The van der Waals surface area contributed by atoms with Crippen LogP contribution in [0.15, 0.2) is 54.6 Å². The summed E-state index contributed by atoms with van der Waals surface area (Å²) >= 11 is 6.45. The van der Waals surface area contributed by atoms with Crippen LogP contribution in [0.2, 0.25) is 0 Å². The molecule has 0 aromatic heterocycles. The molecule has 1 atom stereocenters. The van der Waals surface area contributed by atoms with Crippen molar-refractivity contribution in [2.24, 2.45) is 0 Å². The van der Waals surface area contributed by atoms with Gasteiger partial charge in [-0.3, -0.25) is 0 Å². The number of unbranched alkanes of at least 4 members (excludes halogenated alkanes) is 2. The highest BCUT2D eigenvalue weighted by atomic mass is 35.5. The van der Waals surface area contributed by atoms with E-state index >= 15 is 0 Å². The first-order valence-corrected chi connectivity index (χ1v) is 8.00. The molecule has 0 bridgehead atoms. The van der Waals surface area contributed by atoms with Gasteiger partial charge >= 0.3 is 0 Å². The minimum absolute atomic E-state index is 0.160. The maximum atomic E-state index is 6.45. The number of alkyl halides is 1. The number of hydrogen-bond acceptors (Lipinski definition) is 0. The van der Waals surface area contributed by atoms with Crippen molar-refractivity contribution in [3.05, 3.63) is 71.3 Å². The van der Waals surface area contributed by atoms with E-state index in [0.29, 0.717) is 0 Å². The minimum atomic E-state index is 0.160. The molecule has 0 amide bonds. The molecule has 2 rings (SSSR count). The zero-order valence-electron chi connectivity index (χ0n) is 12.2. The van der Waals surface area contributed by atoms with E-state index in [4.69, 9.17) is 11.6 Å². The van der Waals surface area contributed by atoms with Gasteiger partial charge < -0.3 is 0 Å². The fraction of sp³-hybridized carbons (Fsp3) is 0.368. The molecule has 0 aliphatic rings. The smallest absolute Gasteiger partial charge is 0.0585 e. The van der Waals surface area contributed by atoms with Crippen LogP contribution in [-0.4, -0.2) is 0 Å². The zero-order valence-corrected chi connectivity index (χ0v) is 12.9. The lowest BCUT2D eigenvalue weighted by molar-refractivity contribution is 0.655. The fourth-order valence-corrected chi connectivity index (χ4v) is 2.72. The van der Waals surface area contributed by atoms with Crippen molar-refractivity contribution in [1.29, 1.82) is 0 Å². The van der Waals surface area contributed by atoms with Gasteiger partial charge in [-0.15, -0.1) is 11.6 Å². The van der Waals surface area contributed by atoms with Gasteiger partial charge in [0.05, 0.1) is 5.38 Å². The summed E-state index contributed by atoms with van der Waals surface area (Å²) < 4.78 is 0. The van der Waals surface area contributed by atoms with Crippen LogP contribution in [0.1, 0.15) is 54.7 Å². The van der Waals surface area contributed by atoms with Crippen LogP contribution in [0.3, 0.4) is 0 Å². The van der Waals surface area contributed by atoms with Gasteiger partial charge in [-0.1, -0.05) is 80.8 Å². The van der Waals surface area contributed by atoms with Gasteiger partial charge in [0.2, 0.25) is 0 Å². The molecule has 1 heteroatoms. The molecule has 0 fully saturated rings. The van der Waals surface area contributed by atoms with Crippen molar-refractivity contribution < 1.29 is 0 Å². The summed E-state index contributed by atoms with van der Waals surface area (Å²) in [5, 5.41) is 0.160. The Bertz CT molecular complexity index is 487. The van der Waals surface area contributed by atoms with E-state index in [9.17, 15) is 0 Å². The van der Waals surface area contributed by atoms with E-state index in [1.165, 1.54) is 36.0 Å². The summed E-state index contributed by atoms with van der Waals surface area (Å²) in [4.78, 5) is 0. The Morgan fingerprint density at radius 3 is 2.15 bits per heavy atom. The Morgan fingerprint density at radius 1 is 0.850 bits per heavy atom. The lowest BCUT2D eigenvalue weighted by Gasteiger charge is -2.10. The van der Waals surface area contributed by atoms with E-state index in [-0.39, 0.29) is 5.38 Å². The molecule has 20 heavy (non-hydrogen) atoms. The normalized spacial score (nSPS) is 12.3. The molecule has 2 aromatic carbocycles. The Balaban J connectivity index is 1.92. The Hall–Kier alpha value is -1.27. The fourth-order valence-electron chi connectivity index (χ4n) is 2.42. The summed E-state index contributed by atoms with van der Waals surface area (Å²) in [7, 11) is 0. The molecule has 0 heterocycles. The van der Waals surface area contributed by atoms with Crippen molar-refractivity contribution in [1.82, 2.24) is 0 Å². The first-order valence-electron chi connectivity index (χ1n) is 7.56. The average Bonchev–Trinajstić information content (AvgIpc) is 2.49. The van der Waals surface area contributed by atoms with Crippen LogP contribution in [-0.2, 0) is 6.42 Å². The summed E-state index contributed by atoms with van der Waals surface area (Å²) in [6.45, 7) is 2.22. The van der Waals surface area contributed by atoms with E-state index in [1.807, 2.05) is 0 Å². The molecule has 0 aliphatic heterocycles. The van der Waals surface area contributed by atoms with Crippen LogP contribution < -0.4 is 0 Å². The van der Waals surface area contributed by atoms with Gasteiger partial charge in [0.25, 0.3) is 0 Å². The number of rotatable bonds is 7. The molecule has 2 aromatic rings. The lowest BCUT2D eigenvalue weighted by Crippen LogP contribution is -1.93. The second-order valence-electron chi connectivity index (χ2n) is 5.37. The van der Waals surface area contributed by atoms with Crippen LogP contribution in [0, 0.1) is 0 Å².